The minimum absolute atomic E-state index is 0.0160. The van der Waals surface area contributed by atoms with Gasteiger partial charge in [-0.25, -0.2) is 0 Å². The number of primary amides is 1. The maximum Gasteiger partial charge on any atom is 0.248 e. The first-order chi connectivity index (χ1) is 51.1. The maximum absolute atomic E-state index is 14.5. The van der Waals surface area contributed by atoms with Crippen molar-refractivity contribution in [2.75, 3.05) is 26.2 Å². The predicted octanol–water partition coefficient (Wildman–Crippen LogP) is -2.82. The molecule has 111 heavy (non-hydrogen) atoms. The summed E-state index contributed by atoms with van der Waals surface area (Å²) in [5.41, 5.74) is -5.25. The van der Waals surface area contributed by atoms with E-state index in [0.717, 1.165) is 20.9 Å². The summed E-state index contributed by atoms with van der Waals surface area (Å²) in [5, 5.41) is 65.5. The fourth-order valence-corrected chi connectivity index (χ4v) is 12.2. The van der Waals surface area contributed by atoms with Crippen LogP contribution in [0, 0.1) is 11.8 Å². The predicted molar refractivity (Wildman–Crippen MR) is 406 cm³/mol. The molecule has 0 saturated carbocycles. The number of aliphatic hydroxyl groups is 3. The molecule has 2 aliphatic heterocycles. The molecule has 2 unspecified atom stereocenters. The molecule has 0 bridgehead atoms. The summed E-state index contributed by atoms with van der Waals surface area (Å²) in [5.74, 6) is -14.0. The highest BCUT2D eigenvalue weighted by molar-refractivity contribution is 6.03. The number of rotatable bonds is 38. The lowest BCUT2D eigenvalue weighted by atomic mass is 9.95. The van der Waals surface area contributed by atoms with Crippen molar-refractivity contribution in [2.45, 2.75) is 270 Å². The summed E-state index contributed by atoms with van der Waals surface area (Å²) >= 11 is 0. The molecule has 2 aliphatic rings. The zero-order valence-electron chi connectivity index (χ0n) is 67.2. The number of nitrogens with zero attached hydrogens (tertiary/aromatic N) is 2. The Labute approximate surface area is 648 Å². The minimum Gasteiger partial charge on any atom is -0.394 e. The van der Waals surface area contributed by atoms with Crippen LogP contribution in [-0.4, -0.2) is 239 Å². The summed E-state index contributed by atoms with van der Waals surface area (Å²) in [7, 11) is 0. The molecule has 0 aromatic heterocycles. The number of benzene rings is 2. The second-order valence-electron chi connectivity index (χ2n) is 33.1. The van der Waals surface area contributed by atoms with Gasteiger partial charge in [0.25, 0.3) is 0 Å². The van der Waals surface area contributed by atoms with Crippen molar-refractivity contribution < 1.29 is 92.0 Å². The zero-order chi connectivity index (χ0) is 84.4. The van der Waals surface area contributed by atoms with Crippen LogP contribution in [-0.2, 0) is 89.6 Å². The van der Waals surface area contributed by atoms with Gasteiger partial charge in [-0.3, -0.25) is 76.7 Å². The van der Waals surface area contributed by atoms with Crippen molar-refractivity contribution in [2.24, 2.45) is 17.6 Å². The smallest absolute Gasteiger partial charge is 0.248 e. The molecule has 2 fully saturated rings. The Morgan fingerprint density at radius 2 is 0.856 bits per heavy atom. The lowest BCUT2D eigenvalue weighted by molar-refractivity contribution is -0.147. The Balaban J connectivity index is 1.37. The standard InChI is InChI=1S/C76H118N16O19/c1-41(2)32-50(81-55(98)37-78-62(104)56(42(3)4)83-64(106)71(8,9)88-67(109)74(14,15)89-65(107)72(10,11)85-59(101)51(79-43(5)94)34-45-28-24-21-25-29-45)58(100)84-73(12,13)66(108)90-76(18,19)69(111)91-38-47(95)35-52(91)60(102)82-49(30-31-54(77)97)57(99)86-75(16,17)68(110)92-39-48(96)36-53(92)61(103)87-70(6,7)63(105)80-46(40-93)33-44-26-22-20-23-27-44/h20-29,41-42,46-53,56,93,95-96H,30-40H2,1-19H3,(H2,77,97)(H,78,104)(H,79,94)(H,80,105)(H,81,98)(H,82,102)(H,83,106)(H,84,100)(H,85,101)(H,86,99)(H,87,103)(H,88,109)(H,89,107)(H,90,108)/t46-,47?,48?,49-,50-,51-,52-,53-,56-/m0/s1. The molecule has 0 radical (unpaired) electrons. The van der Waals surface area contributed by atoms with Crippen molar-refractivity contribution in [3.8, 4) is 0 Å². The van der Waals surface area contributed by atoms with Gasteiger partial charge in [0.05, 0.1) is 31.4 Å². The first-order valence-corrected chi connectivity index (χ1v) is 37.0. The SMILES string of the molecule is CC(=O)N[C@@H](Cc1ccccc1)C(=O)NC(C)(C)C(=O)NC(C)(C)C(=O)NC(C)(C)C(=O)N[C@H](C(=O)NCC(=O)N[C@@H](CC(C)C)C(=O)NC(C)(C)C(=O)NC(C)(C)C(=O)N1CC(O)C[C@H]1C(=O)N[C@@H](CCC(N)=O)C(=O)NC(C)(C)C(=O)N1CC(O)C[C@H]1C(=O)NC(C)(C)C(=O)N[C@H](CO)Cc1ccccc1)C(C)C. The average molecular weight is 1560 g/mol. The number of nitrogens with two attached hydrogens (primary N) is 1. The molecule has 2 aromatic rings. The van der Waals surface area contributed by atoms with Crippen molar-refractivity contribution in [3.63, 3.8) is 0 Å². The van der Waals surface area contributed by atoms with E-state index in [1.165, 1.54) is 104 Å². The van der Waals surface area contributed by atoms with Gasteiger partial charge in [-0.1, -0.05) is 88.4 Å². The topological polar surface area (TPSA) is 523 Å². The van der Waals surface area contributed by atoms with Crippen LogP contribution < -0.4 is 74.9 Å². The highest BCUT2D eigenvalue weighted by Gasteiger charge is 2.50. The Hall–Kier alpha value is -10.2. The van der Waals surface area contributed by atoms with Gasteiger partial charge >= 0.3 is 0 Å². The number of aliphatic hydroxyl groups excluding tert-OH is 3. The number of amides is 16. The van der Waals surface area contributed by atoms with E-state index in [9.17, 15) is 92.0 Å². The Bertz CT molecular complexity index is 3750. The van der Waals surface area contributed by atoms with Crippen LogP contribution in [0.15, 0.2) is 60.7 Å². The molecular formula is C76H118N16O19. The maximum atomic E-state index is 14.5. The molecule has 9 atom stereocenters. The van der Waals surface area contributed by atoms with Crippen molar-refractivity contribution >= 4 is 94.5 Å². The first kappa shape index (κ1) is 93.2. The molecule has 35 nitrogen and oxygen atoms in total. The molecule has 616 valence electrons. The highest BCUT2D eigenvalue weighted by Crippen LogP contribution is 2.27. The molecule has 0 spiro atoms. The summed E-state index contributed by atoms with van der Waals surface area (Å²) in [6, 6.07) is 9.11. The summed E-state index contributed by atoms with van der Waals surface area (Å²) in [4.78, 5) is 222. The Kier molecular flexibility index (Phi) is 32.5. The van der Waals surface area contributed by atoms with Crippen LogP contribution in [0.4, 0.5) is 0 Å². The highest BCUT2D eigenvalue weighted by atomic mass is 16.3. The number of nitrogens with one attached hydrogen (secondary N) is 13. The van der Waals surface area contributed by atoms with Crippen molar-refractivity contribution in [3.05, 3.63) is 71.8 Å². The molecule has 2 aromatic carbocycles. The number of hydrogen-bond donors (Lipinski definition) is 17. The molecule has 18 N–H and O–H groups in total. The van der Waals surface area contributed by atoms with Crippen molar-refractivity contribution in [1.82, 2.24) is 78.9 Å². The summed E-state index contributed by atoms with van der Waals surface area (Å²) in [6.07, 6.45) is -3.63. The van der Waals surface area contributed by atoms with Gasteiger partial charge < -0.3 is 100.0 Å². The summed E-state index contributed by atoms with van der Waals surface area (Å²) < 4.78 is 0. The van der Waals surface area contributed by atoms with Gasteiger partial charge in [0, 0.05) is 45.7 Å². The molecule has 35 heteroatoms. The van der Waals surface area contributed by atoms with Gasteiger partial charge in [0.2, 0.25) is 94.5 Å². The number of likely N-dealkylation sites (tertiary alicyclic amines) is 2. The van der Waals surface area contributed by atoms with Gasteiger partial charge in [0.1, 0.15) is 75.0 Å². The lowest BCUT2D eigenvalue weighted by Gasteiger charge is -2.37. The first-order valence-electron chi connectivity index (χ1n) is 37.0. The van der Waals surface area contributed by atoms with E-state index in [0.29, 0.717) is 0 Å². The molecule has 4 rings (SSSR count). The Morgan fingerprint density at radius 1 is 0.459 bits per heavy atom. The van der Waals surface area contributed by atoms with Crippen LogP contribution in [0.2, 0.25) is 0 Å². The van der Waals surface area contributed by atoms with Gasteiger partial charge in [-0.2, -0.15) is 0 Å². The van der Waals surface area contributed by atoms with Crippen LogP contribution in [0.3, 0.4) is 0 Å². The fraction of sp³-hybridized carbons (Fsp3) is 0.632. The number of β-amino-alcohol motifs (C(OH)–C–C–N with tert-alkyl or cyclic N) is 2. The second-order valence-corrected chi connectivity index (χ2v) is 33.1. The fourth-order valence-electron chi connectivity index (χ4n) is 12.2. The third-order valence-corrected chi connectivity index (χ3v) is 18.8. The van der Waals surface area contributed by atoms with Gasteiger partial charge in [0.15, 0.2) is 0 Å². The van der Waals surface area contributed by atoms with E-state index in [-0.39, 0.29) is 44.6 Å². The molecule has 16 amide bonds. The van der Waals surface area contributed by atoms with Crippen molar-refractivity contribution in [1.29, 1.82) is 0 Å². The van der Waals surface area contributed by atoms with E-state index >= 15 is 0 Å². The minimum atomic E-state index is -1.90. The van der Waals surface area contributed by atoms with E-state index in [2.05, 4.69) is 69.1 Å². The van der Waals surface area contributed by atoms with E-state index < -0.39 is 226 Å². The third kappa shape index (κ3) is 27.4. The number of carbonyl (C=O) groups is 16. The van der Waals surface area contributed by atoms with Crippen LogP contribution >= 0.6 is 0 Å². The quantitative estimate of drug-likeness (QED) is 0.0322. The average Bonchev–Trinajstić information content (AvgIpc) is 1.70. The second kappa shape index (κ2) is 38.7. The third-order valence-electron chi connectivity index (χ3n) is 18.8. The van der Waals surface area contributed by atoms with Gasteiger partial charge in [-0.05, 0) is 139 Å². The summed E-state index contributed by atoms with van der Waals surface area (Å²) in [6.45, 7) is 24.9. The lowest BCUT2D eigenvalue weighted by Crippen LogP contribution is -2.67. The molecule has 0 aliphatic carbocycles. The molecular weight excluding hydrogens is 1440 g/mol. The molecule has 2 saturated heterocycles. The Morgan fingerprint density at radius 3 is 1.31 bits per heavy atom. The van der Waals surface area contributed by atoms with E-state index in [1.54, 1.807) is 70.2 Å². The van der Waals surface area contributed by atoms with E-state index in [4.69, 9.17) is 5.73 Å². The van der Waals surface area contributed by atoms with Gasteiger partial charge in [-0.15, -0.1) is 0 Å². The van der Waals surface area contributed by atoms with E-state index in [1.807, 2.05) is 18.2 Å². The normalized spacial score (nSPS) is 17.6. The largest absolute Gasteiger partial charge is 0.394 e. The van der Waals surface area contributed by atoms with Crippen LogP contribution in [0.25, 0.3) is 0 Å². The van der Waals surface area contributed by atoms with Crippen LogP contribution in [0.1, 0.15) is 175 Å². The van der Waals surface area contributed by atoms with Crippen LogP contribution in [0.5, 0.6) is 0 Å². The molecule has 2 heterocycles. The monoisotopic (exact) mass is 1560 g/mol. The zero-order valence-corrected chi connectivity index (χ0v) is 67.2. The number of hydrogen-bond acceptors (Lipinski definition) is 19. The number of carbonyl (C=O) groups excluding carboxylic acids is 16.